The summed E-state index contributed by atoms with van der Waals surface area (Å²) < 4.78 is 24.3. The number of carbonyl (C=O) groups excluding carboxylic acids is 1. The van der Waals surface area contributed by atoms with Gasteiger partial charge in [-0.2, -0.15) is 0 Å². The van der Waals surface area contributed by atoms with E-state index in [9.17, 15) is 9.18 Å². The highest BCUT2D eigenvalue weighted by molar-refractivity contribution is 6.32. The van der Waals surface area contributed by atoms with Crippen LogP contribution in [-0.2, 0) is 22.7 Å². The number of halogens is 2. The molecule has 1 heterocycles. The first kappa shape index (κ1) is 25.2. The molecule has 0 spiro atoms. The maximum absolute atomic E-state index is 13.4. The third kappa shape index (κ3) is 6.07. The largest absolute Gasteiger partial charge is 0.487 e. The molecular weight excluding hydrogens is 505 g/mol. The monoisotopic (exact) mass is 527 g/mol. The fraction of sp³-hybridized carbons (Fsp3) is 0.100. The van der Waals surface area contributed by atoms with Gasteiger partial charge < -0.3 is 14.8 Å². The number of fused-ring (bicyclic) bond motifs is 1. The van der Waals surface area contributed by atoms with Crippen LogP contribution in [0.25, 0.3) is 22.0 Å². The highest BCUT2D eigenvalue weighted by atomic mass is 35.5. The number of anilines is 2. The number of hydrogen-bond acceptors (Lipinski definition) is 6. The van der Waals surface area contributed by atoms with Crippen LogP contribution >= 0.6 is 11.6 Å². The Labute approximate surface area is 224 Å². The predicted octanol–water partition coefficient (Wildman–Crippen LogP) is 7.48. The molecule has 0 saturated heterocycles. The third-order valence-electron chi connectivity index (χ3n) is 5.82. The molecule has 0 amide bonds. The van der Waals surface area contributed by atoms with E-state index in [1.54, 1.807) is 24.3 Å². The van der Waals surface area contributed by atoms with Gasteiger partial charge in [-0.1, -0.05) is 48.0 Å². The van der Waals surface area contributed by atoms with E-state index < -0.39 is 0 Å². The first-order valence-corrected chi connectivity index (χ1v) is 12.2. The summed E-state index contributed by atoms with van der Waals surface area (Å²) in [5, 5.41) is 4.56. The van der Waals surface area contributed by atoms with Crippen molar-refractivity contribution < 1.29 is 18.7 Å². The summed E-state index contributed by atoms with van der Waals surface area (Å²) in [7, 11) is 0. The number of carbonyl (C=O) groups is 1. The minimum Gasteiger partial charge on any atom is -0.487 e. The zero-order valence-electron chi connectivity index (χ0n) is 20.4. The summed E-state index contributed by atoms with van der Waals surface area (Å²) >= 11 is 6.47. The second kappa shape index (κ2) is 11.3. The molecule has 5 aromatic rings. The van der Waals surface area contributed by atoms with Gasteiger partial charge in [-0.15, -0.1) is 0 Å². The van der Waals surface area contributed by atoms with Gasteiger partial charge >= 0.3 is 5.97 Å². The van der Waals surface area contributed by atoms with Gasteiger partial charge in [0.15, 0.2) is 0 Å². The first-order valence-electron chi connectivity index (χ1n) is 11.9. The van der Waals surface area contributed by atoms with Crippen molar-refractivity contribution in [3.8, 4) is 16.9 Å². The molecule has 190 valence electrons. The van der Waals surface area contributed by atoms with E-state index in [1.807, 2.05) is 48.5 Å². The van der Waals surface area contributed by atoms with E-state index in [1.165, 1.54) is 25.4 Å². The van der Waals surface area contributed by atoms with Crippen molar-refractivity contribution in [3.63, 3.8) is 0 Å². The SMILES string of the molecule is CC(=O)OCc1cccc(-c2ccc3ncnc(Nc4ccc(OCc5cccc(F)c5)c(Cl)c4)c3c2)c1. The summed E-state index contributed by atoms with van der Waals surface area (Å²) in [4.78, 5) is 20.0. The van der Waals surface area contributed by atoms with Crippen molar-refractivity contribution in [3.05, 3.63) is 113 Å². The van der Waals surface area contributed by atoms with Crippen LogP contribution in [0, 0.1) is 5.82 Å². The molecule has 0 unspecified atom stereocenters. The Morgan fingerprint density at radius 1 is 0.895 bits per heavy atom. The van der Waals surface area contributed by atoms with Crippen molar-refractivity contribution in [2.75, 3.05) is 5.32 Å². The topological polar surface area (TPSA) is 73.3 Å². The Balaban J connectivity index is 1.36. The van der Waals surface area contributed by atoms with Gasteiger partial charge in [-0.05, 0) is 70.8 Å². The smallest absolute Gasteiger partial charge is 0.302 e. The Bertz CT molecular complexity index is 1630. The molecule has 1 aromatic heterocycles. The molecule has 0 atom stereocenters. The molecule has 0 aliphatic heterocycles. The van der Waals surface area contributed by atoms with Crippen LogP contribution in [-0.4, -0.2) is 15.9 Å². The number of rotatable bonds is 8. The molecule has 38 heavy (non-hydrogen) atoms. The number of esters is 1. The molecule has 0 bridgehead atoms. The van der Waals surface area contributed by atoms with Crippen LogP contribution in [0.3, 0.4) is 0 Å². The lowest BCUT2D eigenvalue weighted by molar-refractivity contribution is -0.142. The summed E-state index contributed by atoms with van der Waals surface area (Å²) in [6, 6.07) is 25.4. The molecule has 4 aromatic carbocycles. The lowest BCUT2D eigenvalue weighted by atomic mass is 10.0. The normalized spacial score (nSPS) is 10.8. The van der Waals surface area contributed by atoms with Crippen LogP contribution in [0.5, 0.6) is 5.75 Å². The van der Waals surface area contributed by atoms with Crippen LogP contribution in [0.15, 0.2) is 91.3 Å². The molecule has 6 nitrogen and oxygen atoms in total. The molecule has 0 saturated carbocycles. The zero-order valence-corrected chi connectivity index (χ0v) is 21.2. The Morgan fingerprint density at radius 2 is 1.68 bits per heavy atom. The number of nitrogens with zero attached hydrogens (tertiary/aromatic N) is 2. The van der Waals surface area contributed by atoms with E-state index in [4.69, 9.17) is 21.1 Å². The van der Waals surface area contributed by atoms with Gasteiger partial charge in [0.25, 0.3) is 0 Å². The van der Waals surface area contributed by atoms with Gasteiger partial charge in [0.1, 0.15) is 36.9 Å². The Hall–Kier alpha value is -4.49. The second-order valence-corrected chi connectivity index (χ2v) is 9.03. The number of hydrogen-bond donors (Lipinski definition) is 1. The quantitative estimate of drug-likeness (QED) is 0.211. The molecule has 0 aliphatic rings. The fourth-order valence-corrected chi connectivity index (χ4v) is 4.22. The van der Waals surface area contributed by atoms with E-state index in [0.717, 1.165) is 33.3 Å². The summed E-state index contributed by atoms with van der Waals surface area (Å²) in [6.07, 6.45) is 1.50. The fourth-order valence-electron chi connectivity index (χ4n) is 3.98. The maximum atomic E-state index is 13.4. The number of aromatic nitrogens is 2. The van der Waals surface area contributed by atoms with Crippen molar-refractivity contribution in [2.45, 2.75) is 20.1 Å². The van der Waals surface area contributed by atoms with Gasteiger partial charge in [-0.3, -0.25) is 4.79 Å². The number of nitrogens with one attached hydrogen (secondary N) is 1. The highest BCUT2D eigenvalue weighted by Gasteiger charge is 2.10. The lowest BCUT2D eigenvalue weighted by Gasteiger charge is -2.13. The predicted molar refractivity (Wildman–Crippen MR) is 146 cm³/mol. The van der Waals surface area contributed by atoms with Crippen LogP contribution in [0.4, 0.5) is 15.9 Å². The summed E-state index contributed by atoms with van der Waals surface area (Å²) in [5.41, 5.74) is 5.07. The molecule has 1 N–H and O–H groups in total. The van der Waals surface area contributed by atoms with Gasteiger partial charge in [-0.25, -0.2) is 14.4 Å². The van der Waals surface area contributed by atoms with Gasteiger partial charge in [0.05, 0.1) is 10.5 Å². The number of benzene rings is 4. The van der Waals surface area contributed by atoms with Gasteiger partial charge in [0.2, 0.25) is 0 Å². The van der Waals surface area contributed by atoms with E-state index in [-0.39, 0.29) is 25.0 Å². The van der Waals surface area contributed by atoms with Gasteiger partial charge in [0, 0.05) is 18.0 Å². The van der Waals surface area contributed by atoms with E-state index in [2.05, 4.69) is 15.3 Å². The van der Waals surface area contributed by atoms with E-state index >= 15 is 0 Å². The number of ether oxygens (including phenoxy) is 2. The Kier molecular flexibility index (Phi) is 7.47. The van der Waals surface area contributed by atoms with Crippen LogP contribution < -0.4 is 10.1 Å². The van der Waals surface area contributed by atoms with Crippen LogP contribution in [0.2, 0.25) is 5.02 Å². The second-order valence-electron chi connectivity index (χ2n) is 8.62. The van der Waals surface area contributed by atoms with Crippen molar-refractivity contribution >= 4 is 40.0 Å². The van der Waals surface area contributed by atoms with Crippen LogP contribution in [0.1, 0.15) is 18.1 Å². The maximum Gasteiger partial charge on any atom is 0.302 e. The standard InChI is InChI=1S/C30H23ClFN3O3/c1-19(36)37-16-20-4-2-6-22(12-20)23-8-10-28-26(14-23)30(34-18-33-28)35-25-9-11-29(27(31)15-25)38-17-21-5-3-7-24(32)13-21/h2-15,18H,16-17H2,1H3,(H,33,34,35). The molecule has 5 rings (SSSR count). The minimum atomic E-state index is -0.319. The van der Waals surface area contributed by atoms with Crippen molar-refractivity contribution in [1.29, 1.82) is 0 Å². The van der Waals surface area contributed by atoms with Crippen molar-refractivity contribution in [1.82, 2.24) is 9.97 Å². The minimum absolute atomic E-state index is 0.200. The summed E-state index contributed by atoms with van der Waals surface area (Å²) in [5.74, 6) is 0.481. The molecule has 0 radical (unpaired) electrons. The summed E-state index contributed by atoms with van der Waals surface area (Å²) in [6.45, 7) is 1.81. The zero-order chi connectivity index (χ0) is 26.5. The molecule has 8 heteroatoms. The molecular formula is C30H23ClFN3O3. The Morgan fingerprint density at radius 3 is 2.47 bits per heavy atom. The lowest BCUT2D eigenvalue weighted by Crippen LogP contribution is -1.99. The molecule has 0 fully saturated rings. The first-order chi connectivity index (χ1) is 18.4. The van der Waals surface area contributed by atoms with E-state index in [0.29, 0.717) is 22.2 Å². The highest BCUT2D eigenvalue weighted by Crippen LogP contribution is 2.32. The third-order valence-corrected chi connectivity index (χ3v) is 6.11. The molecule has 0 aliphatic carbocycles. The average Bonchev–Trinajstić information content (AvgIpc) is 2.92. The average molecular weight is 528 g/mol. The van der Waals surface area contributed by atoms with Crippen molar-refractivity contribution in [2.24, 2.45) is 0 Å².